The van der Waals surface area contributed by atoms with Crippen LogP contribution in [-0.2, 0) is 0 Å². The number of hydrogen-bond acceptors (Lipinski definition) is 7. The maximum atomic E-state index is 10.2. The van der Waals surface area contributed by atoms with Crippen molar-refractivity contribution in [3.8, 4) is 12.3 Å². The Labute approximate surface area is 124 Å². The molecule has 7 nitrogen and oxygen atoms in total. The number of anilines is 1. The number of aliphatic hydroxyl groups excluding tert-OH is 3. The van der Waals surface area contributed by atoms with Gasteiger partial charge in [-0.15, -0.1) is 18.2 Å². The number of aliphatic hydroxyl groups is 3. The number of aromatic nitrogens is 3. The van der Waals surface area contributed by atoms with Crippen molar-refractivity contribution in [2.45, 2.75) is 22.8 Å². The average Bonchev–Trinajstić information content (AvgIpc) is 2.99. The molecule has 0 radical (unpaired) electrons. The van der Waals surface area contributed by atoms with Crippen LogP contribution in [0.1, 0.15) is 10.9 Å². The molecule has 21 heavy (non-hydrogen) atoms. The molecule has 0 aromatic carbocycles. The molecular weight excluding hydrogens is 292 g/mol. The number of nitrogens with zero attached hydrogens (tertiary/aromatic N) is 3. The van der Waals surface area contributed by atoms with Crippen molar-refractivity contribution in [2.24, 2.45) is 0 Å². The third-order valence-corrected chi connectivity index (χ3v) is 5.15. The van der Waals surface area contributed by atoms with Crippen molar-refractivity contribution < 1.29 is 15.3 Å². The molecule has 110 valence electrons. The Morgan fingerprint density at radius 1 is 1.38 bits per heavy atom. The highest BCUT2D eigenvalue weighted by molar-refractivity contribution is 8.00. The highest BCUT2D eigenvalue weighted by Crippen LogP contribution is 2.43. The Morgan fingerprint density at radius 2 is 2.14 bits per heavy atom. The summed E-state index contributed by atoms with van der Waals surface area (Å²) in [7, 11) is 0. The Bertz CT molecular complexity index is 726. The van der Waals surface area contributed by atoms with Gasteiger partial charge in [0, 0.05) is 6.20 Å². The average molecular weight is 306 g/mol. The zero-order chi connectivity index (χ0) is 15.1. The van der Waals surface area contributed by atoms with E-state index in [2.05, 4.69) is 15.9 Å². The molecule has 1 aliphatic rings. The molecule has 1 aliphatic heterocycles. The van der Waals surface area contributed by atoms with Gasteiger partial charge in [0.2, 0.25) is 0 Å². The number of nitrogen functional groups attached to an aromatic ring is 1. The van der Waals surface area contributed by atoms with Crippen LogP contribution in [0.15, 0.2) is 12.5 Å². The summed E-state index contributed by atoms with van der Waals surface area (Å²) in [6, 6.07) is 0. The summed E-state index contributed by atoms with van der Waals surface area (Å²) in [5.41, 5.74) is 6.87. The van der Waals surface area contributed by atoms with E-state index in [0.29, 0.717) is 16.6 Å². The molecule has 0 saturated carbocycles. The lowest BCUT2D eigenvalue weighted by molar-refractivity contribution is 0.0113. The largest absolute Gasteiger partial charge is 0.395 e. The summed E-state index contributed by atoms with van der Waals surface area (Å²) in [5, 5.41) is 29.0. The first kappa shape index (κ1) is 14.2. The molecule has 8 heteroatoms. The summed E-state index contributed by atoms with van der Waals surface area (Å²) in [6.45, 7) is -0.224. The molecule has 0 bridgehead atoms. The van der Waals surface area contributed by atoms with Crippen LogP contribution in [0, 0.1) is 12.3 Å². The molecule has 5 N–H and O–H groups in total. The summed E-state index contributed by atoms with van der Waals surface area (Å²) in [6.07, 6.45) is 6.40. The molecule has 1 fully saturated rings. The van der Waals surface area contributed by atoms with Gasteiger partial charge in [-0.3, -0.25) is 0 Å². The van der Waals surface area contributed by atoms with Gasteiger partial charge in [-0.25, -0.2) is 9.97 Å². The zero-order valence-electron chi connectivity index (χ0n) is 10.9. The number of hydrogen-bond donors (Lipinski definition) is 4. The highest BCUT2D eigenvalue weighted by atomic mass is 32.2. The molecule has 3 heterocycles. The molecule has 1 unspecified atom stereocenters. The van der Waals surface area contributed by atoms with E-state index in [1.54, 1.807) is 10.8 Å². The smallest absolute Gasteiger partial charge is 0.147 e. The van der Waals surface area contributed by atoms with Gasteiger partial charge in [0.1, 0.15) is 29.3 Å². The monoisotopic (exact) mass is 306 g/mol. The van der Waals surface area contributed by atoms with E-state index in [4.69, 9.17) is 12.2 Å². The Hall–Kier alpha value is -1.79. The normalized spacial score (nSPS) is 28.9. The quantitative estimate of drug-likeness (QED) is 0.543. The second-order valence-corrected chi connectivity index (χ2v) is 6.14. The fraction of sp³-hybridized carbons (Fsp3) is 0.385. The molecule has 3 rings (SSSR count). The molecule has 2 aromatic rings. The van der Waals surface area contributed by atoms with Gasteiger partial charge in [-0.05, 0) is 0 Å². The van der Waals surface area contributed by atoms with Crippen molar-refractivity contribution in [3.63, 3.8) is 0 Å². The summed E-state index contributed by atoms with van der Waals surface area (Å²) in [5.74, 6) is 2.79. The Morgan fingerprint density at radius 3 is 2.76 bits per heavy atom. The van der Waals surface area contributed by atoms with E-state index in [1.165, 1.54) is 18.1 Å². The Kier molecular flexibility index (Phi) is 3.51. The van der Waals surface area contributed by atoms with E-state index in [-0.39, 0.29) is 12.4 Å². The van der Waals surface area contributed by atoms with Crippen LogP contribution in [0.5, 0.6) is 0 Å². The molecular formula is C13H14N4O3S. The molecule has 1 saturated heterocycles. The molecule has 4 atom stereocenters. The van der Waals surface area contributed by atoms with E-state index in [1.807, 2.05) is 0 Å². The molecule has 0 amide bonds. The summed E-state index contributed by atoms with van der Waals surface area (Å²) < 4.78 is 1.68. The van der Waals surface area contributed by atoms with Gasteiger partial charge in [-0.1, -0.05) is 5.92 Å². The minimum Gasteiger partial charge on any atom is -0.395 e. The SMILES string of the molecule is C#Cc1cn([C@@H]2S[C@H](CO)C(O)[C@@H]2O)c2ncnc(N)c12. The van der Waals surface area contributed by atoms with Crippen LogP contribution in [0.2, 0.25) is 0 Å². The van der Waals surface area contributed by atoms with Crippen molar-refractivity contribution in [1.29, 1.82) is 0 Å². The number of terminal acetylenes is 1. The summed E-state index contributed by atoms with van der Waals surface area (Å²) >= 11 is 1.27. The van der Waals surface area contributed by atoms with Gasteiger partial charge in [0.05, 0.1) is 28.9 Å². The zero-order valence-corrected chi connectivity index (χ0v) is 11.7. The van der Waals surface area contributed by atoms with Gasteiger partial charge >= 0.3 is 0 Å². The number of rotatable bonds is 2. The second kappa shape index (κ2) is 5.20. The van der Waals surface area contributed by atoms with E-state index in [0.717, 1.165) is 0 Å². The Balaban J connectivity index is 2.14. The maximum Gasteiger partial charge on any atom is 0.147 e. The molecule has 0 spiro atoms. The van der Waals surface area contributed by atoms with Gasteiger partial charge < -0.3 is 25.6 Å². The van der Waals surface area contributed by atoms with Gasteiger partial charge in [0.15, 0.2) is 0 Å². The van der Waals surface area contributed by atoms with E-state index in [9.17, 15) is 15.3 Å². The lowest BCUT2D eigenvalue weighted by atomic mass is 10.1. The number of nitrogens with two attached hydrogens (primary N) is 1. The summed E-state index contributed by atoms with van der Waals surface area (Å²) in [4.78, 5) is 8.09. The van der Waals surface area contributed by atoms with Crippen molar-refractivity contribution in [2.75, 3.05) is 12.3 Å². The maximum absolute atomic E-state index is 10.2. The van der Waals surface area contributed by atoms with Crippen LogP contribution in [0.3, 0.4) is 0 Å². The minimum absolute atomic E-state index is 0.224. The topological polar surface area (TPSA) is 117 Å². The fourth-order valence-corrected chi connectivity index (χ4v) is 3.90. The van der Waals surface area contributed by atoms with E-state index >= 15 is 0 Å². The predicted octanol–water partition coefficient (Wildman–Crippen LogP) is -0.677. The predicted molar refractivity (Wildman–Crippen MR) is 79.4 cm³/mol. The fourth-order valence-electron chi connectivity index (χ4n) is 2.52. The standard InChI is InChI=1S/C13H14N4O3S/c1-2-6-3-17(12-8(6)11(14)15-5-16-12)13-10(20)9(19)7(4-18)21-13/h1,3,5,7,9-10,13,18-20H,4H2,(H2,14,15,16)/t7-,9?,10+,13-/m1/s1. The van der Waals surface area contributed by atoms with E-state index < -0.39 is 22.8 Å². The minimum atomic E-state index is -1.04. The van der Waals surface area contributed by atoms with Crippen LogP contribution >= 0.6 is 11.8 Å². The van der Waals surface area contributed by atoms with Crippen molar-refractivity contribution in [3.05, 3.63) is 18.1 Å². The lowest BCUT2D eigenvalue weighted by Gasteiger charge is -2.17. The van der Waals surface area contributed by atoms with Crippen LogP contribution < -0.4 is 5.73 Å². The first-order valence-electron chi connectivity index (χ1n) is 6.28. The van der Waals surface area contributed by atoms with Crippen LogP contribution in [-0.4, -0.2) is 53.9 Å². The van der Waals surface area contributed by atoms with Gasteiger partial charge in [0.25, 0.3) is 0 Å². The second-order valence-electron chi connectivity index (χ2n) is 4.78. The lowest BCUT2D eigenvalue weighted by Crippen LogP contribution is -2.32. The van der Waals surface area contributed by atoms with Gasteiger partial charge in [-0.2, -0.15) is 0 Å². The first-order valence-corrected chi connectivity index (χ1v) is 7.22. The molecule has 0 aliphatic carbocycles. The third kappa shape index (κ3) is 2.06. The first-order chi connectivity index (χ1) is 10.1. The molecule has 2 aromatic heterocycles. The number of thioether (sulfide) groups is 1. The van der Waals surface area contributed by atoms with Crippen molar-refractivity contribution >= 4 is 28.6 Å². The van der Waals surface area contributed by atoms with Crippen molar-refractivity contribution in [1.82, 2.24) is 14.5 Å². The van der Waals surface area contributed by atoms with Crippen LogP contribution in [0.25, 0.3) is 11.0 Å². The highest BCUT2D eigenvalue weighted by Gasteiger charge is 2.43. The number of fused-ring (bicyclic) bond motifs is 1. The van der Waals surface area contributed by atoms with Crippen LogP contribution in [0.4, 0.5) is 5.82 Å². The third-order valence-electron chi connectivity index (χ3n) is 3.59.